The van der Waals surface area contributed by atoms with Crippen molar-refractivity contribution in [2.45, 2.75) is 45.6 Å². The van der Waals surface area contributed by atoms with Gasteiger partial charge in [0.15, 0.2) is 5.65 Å². The number of hydrogen-bond acceptors (Lipinski definition) is 5. The molecule has 6 nitrogen and oxygen atoms in total. The molecule has 0 aromatic carbocycles. The number of anilines is 2. The fraction of sp³-hybridized carbons (Fsp3) is 0.421. The normalized spacial score (nSPS) is 15.2. The zero-order valence-electron chi connectivity index (χ0n) is 14.6. The van der Waals surface area contributed by atoms with Crippen molar-refractivity contribution >= 4 is 22.8 Å². The summed E-state index contributed by atoms with van der Waals surface area (Å²) in [4.78, 5) is 13.5. The summed E-state index contributed by atoms with van der Waals surface area (Å²) in [5.74, 6) is 2.68. The summed E-state index contributed by atoms with van der Waals surface area (Å²) in [6, 6.07) is 7.58. The van der Waals surface area contributed by atoms with Crippen LogP contribution in [0.1, 0.15) is 37.9 Å². The Morgan fingerprint density at radius 1 is 1.04 bits per heavy atom. The van der Waals surface area contributed by atoms with Crippen molar-refractivity contribution in [2.24, 2.45) is 5.92 Å². The monoisotopic (exact) mass is 336 g/mol. The first kappa shape index (κ1) is 15.9. The van der Waals surface area contributed by atoms with Gasteiger partial charge in [-0.25, -0.2) is 15.0 Å². The molecule has 0 aliphatic heterocycles. The molecule has 3 aromatic rings. The van der Waals surface area contributed by atoms with Crippen molar-refractivity contribution in [2.75, 3.05) is 11.5 Å². The molecule has 0 spiro atoms. The molecule has 130 valence electrons. The number of rotatable bonds is 4. The molecular weight excluding hydrogens is 312 g/mol. The number of nitrogens with two attached hydrogens (primary N) is 2. The third-order valence-electron chi connectivity index (χ3n) is 5.18. The van der Waals surface area contributed by atoms with Crippen LogP contribution in [0.2, 0.25) is 0 Å². The second kappa shape index (κ2) is 6.35. The standard InChI is InChI=1S/C19H24N6/c1-12-22-16-7-6-15(14-10-17(20)24-18(21)11-14)23-19(16)25(12)9-8-13-4-2-3-5-13/h6-7,10-11,13H,2-5,8-9H2,1H3,(H4,20,21,24). The van der Waals surface area contributed by atoms with Crippen molar-refractivity contribution in [3.63, 3.8) is 0 Å². The highest BCUT2D eigenvalue weighted by atomic mass is 15.1. The van der Waals surface area contributed by atoms with E-state index in [-0.39, 0.29) is 0 Å². The summed E-state index contributed by atoms with van der Waals surface area (Å²) < 4.78 is 2.24. The molecule has 0 radical (unpaired) electrons. The Labute approximate surface area is 147 Å². The van der Waals surface area contributed by atoms with E-state index in [0.29, 0.717) is 11.6 Å². The quantitative estimate of drug-likeness (QED) is 0.759. The first-order chi connectivity index (χ1) is 12.1. The maximum Gasteiger partial charge on any atom is 0.160 e. The number of hydrogen-bond donors (Lipinski definition) is 2. The van der Waals surface area contributed by atoms with E-state index in [0.717, 1.165) is 40.7 Å². The zero-order valence-corrected chi connectivity index (χ0v) is 14.6. The third-order valence-corrected chi connectivity index (χ3v) is 5.18. The largest absolute Gasteiger partial charge is 0.384 e. The van der Waals surface area contributed by atoms with Crippen LogP contribution in [-0.4, -0.2) is 19.5 Å². The third kappa shape index (κ3) is 3.16. The fourth-order valence-corrected chi connectivity index (χ4v) is 3.88. The molecule has 3 heterocycles. The Bertz CT molecular complexity index is 887. The summed E-state index contributed by atoms with van der Waals surface area (Å²) in [5, 5.41) is 0. The summed E-state index contributed by atoms with van der Waals surface area (Å²) in [5.41, 5.74) is 15.2. The van der Waals surface area contributed by atoms with Gasteiger partial charge >= 0.3 is 0 Å². The molecule has 3 aromatic heterocycles. The highest BCUT2D eigenvalue weighted by molar-refractivity contribution is 5.77. The van der Waals surface area contributed by atoms with Crippen molar-refractivity contribution < 1.29 is 0 Å². The Balaban J connectivity index is 1.69. The molecule has 0 amide bonds. The van der Waals surface area contributed by atoms with Crippen LogP contribution in [0.25, 0.3) is 22.4 Å². The number of nitrogens with zero attached hydrogens (tertiary/aromatic N) is 4. The minimum Gasteiger partial charge on any atom is -0.384 e. The molecule has 0 atom stereocenters. The van der Waals surface area contributed by atoms with E-state index in [2.05, 4.69) is 21.5 Å². The van der Waals surface area contributed by atoms with Crippen molar-refractivity contribution in [1.82, 2.24) is 19.5 Å². The first-order valence-corrected chi connectivity index (χ1v) is 8.97. The van der Waals surface area contributed by atoms with Gasteiger partial charge in [0.1, 0.15) is 23.0 Å². The SMILES string of the molecule is Cc1nc2ccc(-c3cc(N)nc(N)c3)nc2n1CCC1CCCC1. The molecule has 1 saturated carbocycles. The van der Waals surface area contributed by atoms with E-state index in [4.69, 9.17) is 16.5 Å². The smallest absolute Gasteiger partial charge is 0.160 e. The van der Waals surface area contributed by atoms with Gasteiger partial charge in [0.2, 0.25) is 0 Å². The van der Waals surface area contributed by atoms with E-state index in [9.17, 15) is 0 Å². The zero-order chi connectivity index (χ0) is 17.4. The second-order valence-electron chi connectivity index (χ2n) is 6.99. The van der Waals surface area contributed by atoms with Gasteiger partial charge in [-0.15, -0.1) is 0 Å². The highest BCUT2D eigenvalue weighted by Crippen LogP contribution is 2.29. The molecule has 25 heavy (non-hydrogen) atoms. The topological polar surface area (TPSA) is 95.6 Å². The Kier molecular flexibility index (Phi) is 4.03. The minimum atomic E-state index is 0.405. The van der Waals surface area contributed by atoms with E-state index in [1.807, 2.05) is 12.1 Å². The van der Waals surface area contributed by atoms with Crippen LogP contribution in [-0.2, 0) is 6.54 Å². The first-order valence-electron chi connectivity index (χ1n) is 8.97. The molecule has 0 saturated heterocycles. The lowest BCUT2D eigenvalue weighted by Gasteiger charge is -2.11. The number of imidazole rings is 1. The van der Waals surface area contributed by atoms with Gasteiger partial charge in [-0.1, -0.05) is 25.7 Å². The fourth-order valence-electron chi connectivity index (χ4n) is 3.88. The van der Waals surface area contributed by atoms with E-state index in [1.54, 1.807) is 12.1 Å². The van der Waals surface area contributed by atoms with Gasteiger partial charge in [-0.05, 0) is 43.5 Å². The predicted octanol–water partition coefficient (Wildman–Crippen LogP) is 3.55. The molecule has 1 aliphatic carbocycles. The summed E-state index contributed by atoms with van der Waals surface area (Å²) in [6.07, 6.45) is 6.68. The number of fused-ring (bicyclic) bond motifs is 1. The van der Waals surface area contributed by atoms with Crippen LogP contribution < -0.4 is 11.5 Å². The maximum atomic E-state index is 5.82. The average Bonchev–Trinajstić information content (AvgIpc) is 3.18. The average molecular weight is 336 g/mol. The van der Waals surface area contributed by atoms with Crippen LogP contribution >= 0.6 is 0 Å². The molecule has 0 bridgehead atoms. The van der Waals surface area contributed by atoms with Gasteiger partial charge in [-0.3, -0.25) is 0 Å². The Morgan fingerprint density at radius 2 is 1.76 bits per heavy atom. The molecule has 4 N–H and O–H groups in total. The van der Waals surface area contributed by atoms with E-state index >= 15 is 0 Å². The van der Waals surface area contributed by atoms with Crippen molar-refractivity contribution in [3.8, 4) is 11.3 Å². The highest BCUT2D eigenvalue weighted by Gasteiger charge is 2.17. The number of aromatic nitrogens is 4. The lowest BCUT2D eigenvalue weighted by molar-refractivity contribution is 0.458. The second-order valence-corrected chi connectivity index (χ2v) is 6.99. The summed E-state index contributed by atoms with van der Waals surface area (Å²) >= 11 is 0. The van der Waals surface area contributed by atoms with Crippen molar-refractivity contribution in [1.29, 1.82) is 0 Å². The van der Waals surface area contributed by atoms with Gasteiger partial charge in [0, 0.05) is 12.1 Å². The van der Waals surface area contributed by atoms with E-state index < -0.39 is 0 Å². The Morgan fingerprint density at radius 3 is 2.48 bits per heavy atom. The van der Waals surface area contributed by atoms with Crippen LogP contribution in [0.15, 0.2) is 24.3 Å². The van der Waals surface area contributed by atoms with Gasteiger partial charge in [0.05, 0.1) is 5.69 Å². The van der Waals surface area contributed by atoms with Crippen LogP contribution in [0.3, 0.4) is 0 Å². The molecule has 0 unspecified atom stereocenters. The van der Waals surface area contributed by atoms with Crippen LogP contribution in [0.4, 0.5) is 11.6 Å². The number of pyridine rings is 2. The predicted molar refractivity (Wildman–Crippen MR) is 101 cm³/mol. The number of aryl methyl sites for hydroxylation is 2. The van der Waals surface area contributed by atoms with Gasteiger partial charge in [-0.2, -0.15) is 0 Å². The summed E-state index contributed by atoms with van der Waals surface area (Å²) in [7, 11) is 0. The Hall–Kier alpha value is -2.63. The van der Waals surface area contributed by atoms with Crippen LogP contribution in [0, 0.1) is 12.8 Å². The molecular formula is C19H24N6. The van der Waals surface area contributed by atoms with Gasteiger partial charge in [0.25, 0.3) is 0 Å². The van der Waals surface area contributed by atoms with Gasteiger partial charge < -0.3 is 16.0 Å². The maximum absolute atomic E-state index is 5.82. The number of nitrogen functional groups attached to an aromatic ring is 2. The lowest BCUT2D eigenvalue weighted by Crippen LogP contribution is -2.06. The minimum absolute atomic E-state index is 0.405. The van der Waals surface area contributed by atoms with E-state index in [1.165, 1.54) is 32.1 Å². The molecule has 4 rings (SSSR count). The van der Waals surface area contributed by atoms with Crippen molar-refractivity contribution in [3.05, 3.63) is 30.1 Å². The molecule has 1 aliphatic rings. The summed E-state index contributed by atoms with van der Waals surface area (Å²) in [6.45, 7) is 3.03. The van der Waals surface area contributed by atoms with Crippen LogP contribution in [0.5, 0.6) is 0 Å². The lowest BCUT2D eigenvalue weighted by atomic mass is 10.0. The molecule has 1 fully saturated rings. The molecule has 6 heteroatoms.